The molecule has 1 rings (SSSR count). The largest absolute Gasteiger partial charge is 0.480 e. The second-order valence-electron chi connectivity index (χ2n) is 4.02. The van der Waals surface area contributed by atoms with Crippen LogP contribution in [0, 0.1) is 11.3 Å². The smallest absolute Gasteiger partial charge is 0.318 e. The Morgan fingerprint density at radius 3 is 2.70 bits per heavy atom. The van der Waals surface area contributed by atoms with Crippen molar-refractivity contribution in [3.05, 3.63) is 29.8 Å². The van der Waals surface area contributed by atoms with Gasteiger partial charge in [-0.25, -0.2) is 8.42 Å². The molecular formula is C12H13NO5S2. The van der Waals surface area contributed by atoms with Gasteiger partial charge in [0.25, 0.3) is 0 Å². The van der Waals surface area contributed by atoms with Crippen molar-refractivity contribution in [2.24, 2.45) is 0 Å². The molecule has 0 saturated carbocycles. The lowest BCUT2D eigenvalue weighted by Crippen LogP contribution is -2.26. The molecule has 108 valence electrons. The van der Waals surface area contributed by atoms with E-state index in [-0.39, 0.29) is 16.2 Å². The van der Waals surface area contributed by atoms with E-state index < -0.39 is 37.6 Å². The van der Waals surface area contributed by atoms with Crippen LogP contribution < -0.4 is 0 Å². The second-order valence-corrected chi connectivity index (χ2v) is 8.01. The molecule has 0 heterocycles. The maximum absolute atomic E-state index is 12.0. The monoisotopic (exact) mass is 315 g/mol. The van der Waals surface area contributed by atoms with Crippen molar-refractivity contribution in [1.29, 1.82) is 5.26 Å². The molecule has 20 heavy (non-hydrogen) atoms. The summed E-state index contributed by atoms with van der Waals surface area (Å²) in [5.41, 5.74) is 0.214. The van der Waals surface area contributed by atoms with E-state index in [1.165, 1.54) is 31.2 Å². The summed E-state index contributed by atoms with van der Waals surface area (Å²) in [6.45, 7) is 1.27. The van der Waals surface area contributed by atoms with Crippen LogP contribution in [0.3, 0.4) is 0 Å². The number of hydrogen-bond acceptors (Lipinski definition) is 5. The maximum Gasteiger partial charge on any atom is 0.318 e. The summed E-state index contributed by atoms with van der Waals surface area (Å²) >= 11 is 0. The maximum atomic E-state index is 12.0. The number of nitriles is 1. The summed E-state index contributed by atoms with van der Waals surface area (Å²) in [5.74, 6) is -1.91. The first-order chi connectivity index (χ1) is 9.27. The van der Waals surface area contributed by atoms with Gasteiger partial charge in [-0.05, 0) is 25.1 Å². The zero-order valence-electron chi connectivity index (χ0n) is 10.6. The summed E-state index contributed by atoms with van der Waals surface area (Å²) in [6, 6.07) is 7.34. The predicted octanol–water partition coefficient (Wildman–Crippen LogP) is 0.554. The highest BCUT2D eigenvalue weighted by molar-refractivity contribution is 7.93. The van der Waals surface area contributed by atoms with Crippen LogP contribution in [-0.4, -0.2) is 40.5 Å². The molecule has 2 unspecified atom stereocenters. The fourth-order valence-electron chi connectivity index (χ4n) is 1.36. The average Bonchev–Trinajstić information content (AvgIpc) is 2.43. The number of hydrogen-bond donors (Lipinski definition) is 1. The first-order valence-corrected chi connectivity index (χ1v) is 8.64. The molecule has 8 heteroatoms. The van der Waals surface area contributed by atoms with Crippen LogP contribution in [0.5, 0.6) is 0 Å². The standard InChI is InChI=1S/C12H13NO5S2/c1-9(12(14)15)19(16)5-6-20(17,18)11-4-2-3-10(7-11)8-13/h2-4,7,9H,5-6H2,1H3,(H,14,15). The third kappa shape index (κ3) is 4.15. The molecular weight excluding hydrogens is 302 g/mol. The Labute approximate surface area is 119 Å². The molecule has 2 atom stereocenters. The van der Waals surface area contributed by atoms with E-state index in [9.17, 15) is 17.4 Å². The Bertz CT molecular complexity index is 675. The Hall–Kier alpha value is -1.72. The minimum atomic E-state index is -3.68. The van der Waals surface area contributed by atoms with Crippen molar-refractivity contribution in [1.82, 2.24) is 0 Å². The van der Waals surface area contributed by atoms with Crippen molar-refractivity contribution >= 4 is 26.6 Å². The van der Waals surface area contributed by atoms with Gasteiger partial charge in [-0.15, -0.1) is 0 Å². The third-order valence-electron chi connectivity index (χ3n) is 2.62. The van der Waals surface area contributed by atoms with Gasteiger partial charge in [0.05, 0.1) is 22.3 Å². The van der Waals surface area contributed by atoms with Crippen LogP contribution in [0.4, 0.5) is 0 Å². The SMILES string of the molecule is CC(C(=O)O)S(=O)CCS(=O)(=O)c1cccc(C#N)c1. The minimum absolute atomic E-state index is 0.0310. The Morgan fingerprint density at radius 2 is 2.15 bits per heavy atom. The van der Waals surface area contributed by atoms with Gasteiger partial charge in [0.2, 0.25) is 0 Å². The Morgan fingerprint density at radius 1 is 1.50 bits per heavy atom. The number of rotatable bonds is 6. The molecule has 0 saturated heterocycles. The quantitative estimate of drug-likeness (QED) is 0.820. The molecule has 1 aromatic rings. The van der Waals surface area contributed by atoms with Gasteiger partial charge in [0, 0.05) is 16.6 Å². The zero-order valence-corrected chi connectivity index (χ0v) is 12.3. The first kappa shape index (κ1) is 16.3. The molecule has 1 aromatic carbocycles. The number of aliphatic carboxylic acids is 1. The zero-order chi connectivity index (χ0) is 15.3. The number of sulfone groups is 1. The van der Waals surface area contributed by atoms with Gasteiger partial charge in [0.15, 0.2) is 9.84 Å². The number of carboxylic acid groups (broad SMARTS) is 1. The first-order valence-electron chi connectivity index (χ1n) is 5.61. The summed E-state index contributed by atoms with van der Waals surface area (Å²) in [7, 11) is -5.45. The van der Waals surface area contributed by atoms with Crippen molar-refractivity contribution < 1.29 is 22.5 Å². The Kier molecular flexibility index (Phi) is 5.42. The van der Waals surface area contributed by atoms with Gasteiger partial charge in [-0.2, -0.15) is 5.26 Å². The third-order valence-corrected chi connectivity index (χ3v) is 6.19. The van der Waals surface area contributed by atoms with E-state index in [0.717, 1.165) is 0 Å². The van der Waals surface area contributed by atoms with E-state index in [1.54, 1.807) is 0 Å². The van der Waals surface area contributed by atoms with E-state index >= 15 is 0 Å². The molecule has 0 aliphatic rings. The number of nitrogens with zero attached hydrogens (tertiary/aromatic N) is 1. The molecule has 0 bridgehead atoms. The lowest BCUT2D eigenvalue weighted by molar-refractivity contribution is -0.136. The van der Waals surface area contributed by atoms with Crippen LogP contribution in [-0.2, 0) is 25.4 Å². The van der Waals surface area contributed by atoms with Crippen LogP contribution in [0.25, 0.3) is 0 Å². The lowest BCUT2D eigenvalue weighted by Gasteiger charge is -2.07. The van der Waals surface area contributed by atoms with Crippen molar-refractivity contribution in [2.75, 3.05) is 11.5 Å². The molecule has 0 radical (unpaired) electrons. The van der Waals surface area contributed by atoms with E-state index in [4.69, 9.17) is 10.4 Å². The predicted molar refractivity (Wildman–Crippen MR) is 73.3 cm³/mol. The van der Waals surface area contributed by atoms with Crippen LogP contribution >= 0.6 is 0 Å². The summed E-state index contributed by atoms with van der Waals surface area (Å²) in [6.07, 6.45) is 0. The van der Waals surface area contributed by atoms with Crippen LogP contribution in [0.1, 0.15) is 12.5 Å². The van der Waals surface area contributed by atoms with E-state index in [1.807, 2.05) is 6.07 Å². The lowest BCUT2D eigenvalue weighted by atomic mass is 10.2. The van der Waals surface area contributed by atoms with Crippen LogP contribution in [0.15, 0.2) is 29.2 Å². The Balaban J connectivity index is 2.83. The molecule has 0 aromatic heterocycles. The molecule has 0 aliphatic carbocycles. The van der Waals surface area contributed by atoms with Crippen LogP contribution in [0.2, 0.25) is 0 Å². The highest BCUT2D eigenvalue weighted by atomic mass is 32.2. The normalized spacial score (nSPS) is 14.2. The summed E-state index contributed by atoms with van der Waals surface area (Å²) in [4.78, 5) is 10.6. The minimum Gasteiger partial charge on any atom is -0.480 e. The molecule has 1 N–H and O–H groups in total. The summed E-state index contributed by atoms with van der Waals surface area (Å²) < 4.78 is 35.6. The van der Waals surface area contributed by atoms with Gasteiger partial charge >= 0.3 is 5.97 Å². The van der Waals surface area contributed by atoms with Gasteiger partial charge in [-0.3, -0.25) is 9.00 Å². The number of carbonyl (C=O) groups is 1. The molecule has 0 fully saturated rings. The van der Waals surface area contributed by atoms with Gasteiger partial charge < -0.3 is 5.11 Å². The molecule has 0 aliphatic heterocycles. The topological polar surface area (TPSA) is 112 Å². The second kappa shape index (κ2) is 6.63. The number of carboxylic acids is 1. The fourth-order valence-corrected chi connectivity index (χ4v) is 4.30. The van der Waals surface area contributed by atoms with E-state index in [2.05, 4.69) is 0 Å². The molecule has 0 spiro atoms. The fraction of sp³-hybridized carbons (Fsp3) is 0.333. The van der Waals surface area contributed by atoms with Gasteiger partial charge in [0.1, 0.15) is 5.25 Å². The van der Waals surface area contributed by atoms with Gasteiger partial charge in [-0.1, -0.05) is 6.07 Å². The highest BCUT2D eigenvalue weighted by Crippen LogP contribution is 2.13. The molecule has 6 nitrogen and oxygen atoms in total. The number of benzene rings is 1. The highest BCUT2D eigenvalue weighted by Gasteiger charge is 2.22. The van der Waals surface area contributed by atoms with Crippen molar-refractivity contribution in [3.63, 3.8) is 0 Å². The van der Waals surface area contributed by atoms with Crippen molar-refractivity contribution in [2.45, 2.75) is 17.1 Å². The van der Waals surface area contributed by atoms with Crippen molar-refractivity contribution in [3.8, 4) is 6.07 Å². The summed E-state index contributed by atoms with van der Waals surface area (Å²) in [5, 5.41) is 16.3. The average molecular weight is 315 g/mol. The molecule has 0 amide bonds. The van der Waals surface area contributed by atoms with E-state index in [0.29, 0.717) is 0 Å².